The molecule has 0 aromatic rings. The Morgan fingerprint density at radius 3 is 1.17 bits per heavy atom. The minimum atomic E-state index is -1.16. The first kappa shape index (κ1) is 50.8. The van der Waals surface area contributed by atoms with E-state index in [1.165, 1.54) is 173 Å². The Balaban J connectivity index is 3.66. The first-order chi connectivity index (χ1) is 25.6. The highest BCUT2D eigenvalue weighted by Gasteiger charge is 2.26. The minimum Gasteiger partial charge on any atom is -0.394 e. The first-order valence-electron chi connectivity index (χ1n) is 23.1. The van der Waals surface area contributed by atoms with Gasteiger partial charge in [0.1, 0.15) is 6.10 Å². The number of hydrogen-bond donors (Lipinski definition) is 4. The van der Waals surface area contributed by atoms with Crippen LogP contribution in [-0.2, 0) is 4.79 Å². The zero-order valence-electron chi connectivity index (χ0n) is 35.0. The van der Waals surface area contributed by atoms with Crippen LogP contribution in [0.2, 0.25) is 0 Å². The normalized spacial score (nSPS) is 13.7. The topological polar surface area (TPSA) is 89.8 Å². The number of nitrogens with one attached hydrogen (secondary N) is 1. The van der Waals surface area contributed by atoms with Gasteiger partial charge < -0.3 is 20.6 Å². The molecule has 0 saturated carbocycles. The standard InChI is InChI=1S/C47H91NO4/c1-3-5-7-9-11-13-15-17-19-21-22-23-24-26-27-29-31-33-35-37-39-41-45(50)47(52)44(43-49)48-46(51)42-40-38-36-34-32-30-28-25-20-18-16-14-12-10-8-6-4-2/h26-27,33,35,44-45,47,49-50,52H,3-25,28-32,34,36-43H2,1-2H3,(H,48,51)/b27-26+,35-33+. The monoisotopic (exact) mass is 734 g/mol. The van der Waals surface area contributed by atoms with Crippen LogP contribution in [0.25, 0.3) is 0 Å². The predicted molar refractivity (Wildman–Crippen MR) is 227 cm³/mol. The summed E-state index contributed by atoms with van der Waals surface area (Å²) in [6, 6.07) is -0.828. The molecule has 52 heavy (non-hydrogen) atoms. The van der Waals surface area contributed by atoms with Gasteiger partial charge in [-0.2, -0.15) is 0 Å². The van der Waals surface area contributed by atoms with Gasteiger partial charge in [0.25, 0.3) is 0 Å². The van der Waals surface area contributed by atoms with E-state index in [1.807, 2.05) is 0 Å². The Hall–Kier alpha value is -1.17. The number of aliphatic hydroxyl groups is 3. The molecule has 3 unspecified atom stereocenters. The van der Waals surface area contributed by atoms with Crippen LogP contribution in [0.15, 0.2) is 24.3 Å². The first-order valence-corrected chi connectivity index (χ1v) is 23.1. The number of aliphatic hydroxyl groups excluding tert-OH is 3. The highest BCUT2D eigenvalue weighted by atomic mass is 16.3. The lowest BCUT2D eigenvalue weighted by atomic mass is 10.0. The molecule has 0 heterocycles. The smallest absolute Gasteiger partial charge is 0.220 e. The minimum absolute atomic E-state index is 0.155. The summed E-state index contributed by atoms with van der Waals surface area (Å²) >= 11 is 0. The number of carbonyl (C=O) groups is 1. The summed E-state index contributed by atoms with van der Waals surface area (Å²) < 4.78 is 0. The third kappa shape index (κ3) is 37.2. The van der Waals surface area contributed by atoms with E-state index in [9.17, 15) is 20.1 Å². The van der Waals surface area contributed by atoms with Gasteiger partial charge in [0, 0.05) is 6.42 Å². The van der Waals surface area contributed by atoms with E-state index in [1.54, 1.807) is 0 Å². The Labute approximate surface area is 324 Å². The maximum atomic E-state index is 12.4. The van der Waals surface area contributed by atoms with Crippen LogP contribution >= 0.6 is 0 Å². The van der Waals surface area contributed by atoms with Gasteiger partial charge in [-0.05, 0) is 51.4 Å². The molecule has 0 rings (SSSR count). The van der Waals surface area contributed by atoms with Crippen LogP contribution in [0.5, 0.6) is 0 Å². The van der Waals surface area contributed by atoms with Crippen LogP contribution in [0.3, 0.4) is 0 Å². The number of allylic oxidation sites excluding steroid dienone is 4. The second-order valence-electron chi connectivity index (χ2n) is 16.0. The van der Waals surface area contributed by atoms with Gasteiger partial charge in [0.2, 0.25) is 5.91 Å². The molecule has 0 aromatic carbocycles. The van der Waals surface area contributed by atoms with Crippen molar-refractivity contribution in [2.45, 2.75) is 263 Å². The van der Waals surface area contributed by atoms with E-state index in [2.05, 4.69) is 43.5 Å². The van der Waals surface area contributed by atoms with Gasteiger partial charge in [-0.1, -0.05) is 212 Å². The molecule has 0 aromatic heterocycles. The third-order valence-corrected chi connectivity index (χ3v) is 10.8. The third-order valence-electron chi connectivity index (χ3n) is 10.8. The molecule has 0 fully saturated rings. The summed E-state index contributed by atoms with van der Waals surface area (Å²) in [5.41, 5.74) is 0. The second-order valence-corrected chi connectivity index (χ2v) is 16.0. The largest absolute Gasteiger partial charge is 0.394 e. The van der Waals surface area contributed by atoms with Gasteiger partial charge >= 0.3 is 0 Å². The van der Waals surface area contributed by atoms with Crippen LogP contribution in [0.4, 0.5) is 0 Å². The fourth-order valence-corrected chi connectivity index (χ4v) is 7.18. The van der Waals surface area contributed by atoms with Crippen molar-refractivity contribution in [1.29, 1.82) is 0 Å². The Morgan fingerprint density at radius 1 is 0.462 bits per heavy atom. The second kappa shape index (κ2) is 42.6. The average molecular weight is 734 g/mol. The Kier molecular flexibility index (Phi) is 41.6. The van der Waals surface area contributed by atoms with Crippen LogP contribution < -0.4 is 5.32 Å². The van der Waals surface area contributed by atoms with E-state index in [-0.39, 0.29) is 12.5 Å². The highest BCUT2D eigenvalue weighted by molar-refractivity contribution is 5.76. The lowest BCUT2D eigenvalue weighted by Gasteiger charge is -2.26. The average Bonchev–Trinajstić information content (AvgIpc) is 3.15. The molecule has 0 radical (unpaired) electrons. The highest BCUT2D eigenvalue weighted by Crippen LogP contribution is 2.16. The van der Waals surface area contributed by atoms with E-state index < -0.39 is 18.2 Å². The molecular formula is C47H91NO4. The van der Waals surface area contributed by atoms with Crippen molar-refractivity contribution in [3.05, 3.63) is 24.3 Å². The molecule has 4 N–H and O–H groups in total. The van der Waals surface area contributed by atoms with Gasteiger partial charge in [-0.3, -0.25) is 4.79 Å². The van der Waals surface area contributed by atoms with Gasteiger partial charge in [-0.25, -0.2) is 0 Å². The number of carbonyl (C=O) groups excluding carboxylic acids is 1. The van der Waals surface area contributed by atoms with Crippen LogP contribution in [-0.4, -0.2) is 46.1 Å². The number of hydrogen-bond acceptors (Lipinski definition) is 4. The Morgan fingerprint density at radius 2 is 0.788 bits per heavy atom. The lowest BCUT2D eigenvalue weighted by Crippen LogP contribution is -2.50. The Bertz CT molecular complexity index is 768. The predicted octanol–water partition coefficient (Wildman–Crippen LogP) is 13.4. The van der Waals surface area contributed by atoms with Crippen molar-refractivity contribution in [3.63, 3.8) is 0 Å². The van der Waals surface area contributed by atoms with Crippen molar-refractivity contribution >= 4 is 5.91 Å². The van der Waals surface area contributed by atoms with Crippen molar-refractivity contribution < 1.29 is 20.1 Å². The van der Waals surface area contributed by atoms with E-state index in [0.29, 0.717) is 12.8 Å². The maximum absolute atomic E-state index is 12.4. The van der Waals surface area contributed by atoms with Crippen molar-refractivity contribution in [1.82, 2.24) is 5.32 Å². The summed E-state index contributed by atoms with van der Waals surface area (Å²) in [4.78, 5) is 12.4. The van der Waals surface area contributed by atoms with Crippen LogP contribution in [0, 0.1) is 0 Å². The quantitative estimate of drug-likeness (QED) is 0.0371. The van der Waals surface area contributed by atoms with Gasteiger partial charge in [0.15, 0.2) is 0 Å². The summed E-state index contributed by atoms with van der Waals surface area (Å²) in [6.07, 6.45) is 51.5. The molecule has 0 spiro atoms. The fraction of sp³-hybridized carbons (Fsp3) is 0.894. The zero-order chi connectivity index (χ0) is 38.0. The SMILES string of the molecule is CCCCCCCCCCCCCC/C=C/CC/C=C/CCCC(O)C(O)C(CO)NC(=O)CCCCCCCCCCCCCCCCCCC. The van der Waals surface area contributed by atoms with Crippen molar-refractivity contribution in [2.24, 2.45) is 0 Å². The van der Waals surface area contributed by atoms with Crippen molar-refractivity contribution in [3.8, 4) is 0 Å². The number of amides is 1. The molecule has 0 aliphatic heterocycles. The summed E-state index contributed by atoms with van der Waals surface area (Å²) in [7, 11) is 0. The van der Waals surface area contributed by atoms with E-state index >= 15 is 0 Å². The molecule has 0 aliphatic carbocycles. The molecule has 5 heteroatoms. The summed E-state index contributed by atoms with van der Waals surface area (Å²) in [5, 5.41) is 33.5. The molecular weight excluding hydrogens is 643 g/mol. The molecule has 308 valence electrons. The summed E-state index contributed by atoms with van der Waals surface area (Å²) in [5.74, 6) is -0.155. The molecule has 0 aliphatic rings. The molecule has 5 nitrogen and oxygen atoms in total. The zero-order valence-corrected chi connectivity index (χ0v) is 35.0. The van der Waals surface area contributed by atoms with Gasteiger partial charge in [0.05, 0.1) is 18.8 Å². The van der Waals surface area contributed by atoms with Crippen LogP contribution in [0.1, 0.15) is 245 Å². The number of rotatable bonds is 42. The lowest BCUT2D eigenvalue weighted by molar-refractivity contribution is -0.124. The summed E-state index contributed by atoms with van der Waals surface area (Å²) in [6.45, 7) is 4.18. The van der Waals surface area contributed by atoms with Crippen molar-refractivity contribution in [2.75, 3.05) is 6.61 Å². The molecule has 1 amide bonds. The number of unbranched alkanes of at least 4 members (excludes halogenated alkanes) is 30. The van der Waals surface area contributed by atoms with Gasteiger partial charge in [-0.15, -0.1) is 0 Å². The molecule has 0 saturated heterocycles. The molecule has 3 atom stereocenters. The fourth-order valence-electron chi connectivity index (χ4n) is 7.18. The maximum Gasteiger partial charge on any atom is 0.220 e. The molecule has 0 bridgehead atoms. The van der Waals surface area contributed by atoms with E-state index in [4.69, 9.17) is 0 Å². The van der Waals surface area contributed by atoms with E-state index in [0.717, 1.165) is 44.9 Å².